The summed E-state index contributed by atoms with van der Waals surface area (Å²) in [4.78, 5) is 11.8. The van der Waals surface area contributed by atoms with E-state index in [0.717, 1.165) is 0 Å². The lowest BCUT2D eigenvalue weighted by atomic mass is 10.00. The summed E-state index contributed by atoms with van der Waals surface area (Å²) in [7, 11) is 2.91. The first kappa shape index (κ1) is 12.5. The number of ketones is 1. The van der Waals surface area contributed by atoms with E-state index in [1.807, 2.05) is 0 Å². The van der Waals surface area contributed by atoms with Crippen LogP contribution in [-0.2, 0) is 0 Å². The number of hydrogen-bond donors (Lipinski definition) is 0. The molecule has 0 radical (unpaired) electrons. The molecule has 0 spiro atoms. The summed E-state index contributed by atoms with van der Waals surface area (Å²) in [5.74, 6) is -1.01. The highest BCUT2D eigenvalue weighted by Crippen LogP contribution is 2.24. The zero-order valence-corrected chi connectivity index (χ0v) is 9.43. The molecule has 0 N–H and O–H groups in total. The van der Waals surface area contributed by atoms with Crippen LogP contribution in [0.1, 0.15) is 10.4 Å². The van der Waals surface area contributed by atoms with Crippen molar-refractivity contribution in [2.24, 2.45) is 5.92 Å². The van der Waals surface area contributed by atoms with Gasteiger partial charge in [0, 0.05) is 11.6 Å². The van der Waals surface area contributed by atoms with Gasteiger partial charge >= 0.3 is 0 Å². The molecular weight excluding hydrogens is 220 g/mol. The molecule has 0 heterocycles. The molecule has 1 rings (SSSR count). The maximum Gasteiger partial charge on any atom is 0.195 e. The Morgan fingerprint density at radius 3 is 1.94 bits per heavy atom. The predicted octanol–water partition coefficient (Wildman–Crippen LogP) is 1.55. The van der Waals surface area contributed by atoms with Crippen molar-refractivity contribution in [1.82, 2.24) is 0 Å². The fourth-order valence-corrected chi connectivity index (χ4v) is 1.26. The molecule has 0 saturated heterocycles. The van der Waals surface area contributed by atoms with Crippen LogP contribution >= 0.6 is 0 Å². The van der Waals surface area contributed by atoms with E-state index >= 15 is 0 Å². The monoisotopic (exact) mass is 230 g/mol. The van der Waals surface area contributed by atoms with Crippen molar-refractivity contribution in [1.29, 1.82) is 10.5 Å². The molecule has 86 valence electrons. The highest BCUT2D eigenvalue weighted by Gasteiger charge is 2.20. The standard InChI is InChI=1S/C12H10N2O3/c1-16-10-3-8(4-11(5-10)17-2)12(15)9(6-13)7-14/h3-5,9H,1-2H3. The number of hydrogen-bond acceptors (Lipinski definition) is 5. The molecule has 0 aromatic heterocycles. The van der Waals surface area contributed by atoms with Crippen molar-refractivity contribution in [2.75, 3.05) is 14.2 Å². The van der Waals surface area contributed by atoms with E-state index in [2.05, 4.69) is 0 Å². The normalized spacial score (nSPS) is 9.24. The van der Waals surface area contributed by atoms with Crippen LogP contribution in [0.15, 0.2) is 18.2 Å². The Hall–Kier alpha value is -2.53. The number of nitrogens with zero attached hydrogens (tertiary/aromatic N) is 2. The van der Waals surface area contributed by atoms with Crippen LogP contribution in [0.3, 0.4) is 0 Å². The van der Waals surface area contributed by atoms with E-state index in [9.17, 15) is 4.79 Å². The first-order chi connectivity index (χ1) is 8.15. The lowest BCUT2D eigenvalue weighted by Crippen LogP contribution is -2.11. The fourth-order valence-electron chi connectivity index (χ4n) is 1.26. The van der Waals surface area contributed by atoms with Crippen LogP contribution in [0.25, 0.3) is 0 Å². The zero-order valence-electron chi connectivity index (χ0n) is 9.43. The highest BCUT2D eigenvalue weighted by atomic mass is 16.5. The number of ether oxygens (including phenoxy) is 2. The molecule has 0 fully saturated rings. The molecule has 0 saturated carbocycles. The Morgan fingerprint density at radius 1 is 1.12 bits per heavy atom. The first-order valence-corrected chi connectivity index (χ1v) is 4.72. The Balaban J connectivity index is 3.19. The summed E-state index contributed by atoms with van der Waals surface area (Å²) in [6, 6.07) is 7.80. The van der Waals surface area contributed by atoms with Gasteiger partial charge in [-0.05, 0) is 12.1 Å². The Kier molecular flexibility index (Phi) is 4.08. The molecule has 5 nitrogen and oxygen atoms in total. The number of methoxy groups -OCH3 is 2. The summed E-state index contributed by atoms with van der Waals surface area (Å²) < 4.78 is 9.99. The molecule has 0 amide bonds. The quantitative estimate of drug-likeness (QED) is 0.733. The largest absolute Gasteiger partial charge is 0.497 e. The van der Waals surface area contributed by atoms with Crippen LogP contribution in [0, 0.1) is 28.6 Å². The lowest BCUT2D eigenvalue weighted by Gasteiger charge is -2.07. The third kappa shape index (κ3) is 2.73. The molecule has 0 atom stereocenters. The van der Waals surface area contributed by atoms with Crippen molar-refractivity contribution >= 4 is 5.78 Å². The van der Waals surface area contributed by atoms with Crippen LogP contribution in [0.2, 0.25) is 0 Å². The van der Waals surface area contributed by atoms with E-state index in [-0.39, 0.29) is 5.56 Å². The molecular formula is C12H10N2O3. The van der Waals surface area contributed by atoms with Crippen molar-refractivity contribution in [3.05, 3.63) is 23.8 Å². The smallest absolute Gasteiger partial charge is 0.195 e. The molecule has 0 aliphatic rings. The maximum atomic E-state index is 11.8. The van der Waals surface area contributed by atoms with E-state index in [1.54, 1.807) is 18.2 Å². The van der Waals surface area contributed by atoms with Crippen molar-refractivity contribution in [3.8, 4) is 23.6 Å². The predicted molar refractivity (Wildman–Crippen MR) is 58.6 cm³/mol. The highest BCUT2D eigenvalue weighted by molar-refractivity contribution is 6.01. The van der Waals surface area contributed by atoms with Gasteiger partial charge < -0.3 is 9.47 Å². The minimum Gasteiger partial charge on any atom is -0.497 e. The molecule has 0 bridgehead atoms. The molecule has 0 aliphatic carbocycles. The molecule has 1 aromatic carbocycles. The Labute approximate surface area is 98.8 Å². The molecule has 0 unspecified atom stereocenters. The second-order valence-electron chi connectivity index (χ2n) is 3.16. The van der Waals surface area contributed by atoms with Crippen LogP contribution in [0.4, 0.5) is 0 Å². The number of rotatable bonds is 4. The molecule has 5 heteroatoms. The Morgan fingerprint density at radius 2 is 1.59 bits per heavy atom. The van der Waals surface area contributed by atoms with Crippen molar-refractivity contribution in [3.63, 3.8) is 0 Å². The second-order valence-corrected chi connectivity index (χ2v) is 3.16. The Bertz CT molecular complexity index is 475. The SMILES string of the molecule is COc1cc(OC)cc(C(=O)C(C#N)C#N)c1. The maximum absolute atomic E-state index is 11.8. The zero-order chi connectivity index (χ0) is 12.8. The third-order valence-electron chi connectivity index (χ3n) is 2.16. The number of carbonyl (C=O) groups is 1. The first-order valence-electron chi connectivity index (χ1n) is 4.72. The van der Waals surface area contributed by atoms with Gasteiger partial charge in [0.05, 0.1) is 26.4 Å². The molecule has 1 aromatic rings. The third-order valence-corrected chi connectivity index (χ3v) is 2.16. The number of nitriles is 2. The van der Waals surface area contributed by atoms with Gasteiger partial charge in [-0.2, -0.15) is 10.5 Å². The average molecular weight is 230 g/mol. The van der Waals surface area contributed by atoms with Crippen LogP contribution < -0.4 is 9.47 Å². The number of benzene rings is 1. The average Bonchev–Trinajstić information content (AvgIpc) is 2.39. The van der Waals surface area contributed by atoms with Gasteiger partial charge in [-0.1, -0.05) is 0 Å². The molecule has 0 aliphatic heterocycles. The summed E-state index contributed by atoms with van der Waals surface area (Å²) in [5.41, 5.74) is 0.217. The van der Waals surface area contributed by atoms with E-state index < -0.39 is 11.7 Å². The van der Waals surface area contributed by atoms with E-state index in [4.69, 9.17) is 20.0 Å². The van der Waals surface area contributed by atoms with Gasteiger partial charge in [-0.3, -0.25) is 4.79 Å². The van der Waals surface area contributed by atoms with Gasteiger partial charge in [-0.25, -0.2) is 0 Å². The van der Waals surface area contributed by atoms with Gasteiger partial charge in [0.25, 0.3) is 0 Å². The van der Waals surface area contributed by atoms with Gasteiger partial charge in [0.1, 0.15) is 11.5 Å². The summed E-state index contributed by atoms with van der Waals surface area (Å²) in [6.45, 7) is 0. The summed E-state index contributed by atoms with van der Waals surface area (Å²) >= 11 is 0. The summed E-state index contributed by atoms with van der Waals surface area (Å²) in [5, 5.41) is 17.3. The topological polar surface area (TPSA) is 83.1 Å². The van der Waals surface area contributed by atoms with Crippen molar-refractivity contribution < 1.29 is 14.3 Å². The van der Waals surface area contributed by atoms with E-state index in [1.165, 1.54) is 26.4 Å². The summed E-state index contributed by atoms with van der Waals surface area (Å²) in [6.07, 6.45) is 0. The van der Waals surface area contributed by atoms with Crippen LogP contribution in [-0.4, -0.2) is 20.0 Å². The number of carbonyl (C=O) groups excluding carboxylic acids is 1. The van der Waals surface area contributed by atoms with Gasteiger partial charge in [0.2, 0.25) is 0 Å². The molecule has 17 heavy (non-hydrogen) atoms. The van der Waals surface area contributed by atoms with Crippen molar-refractivity contribution in [2.45, 2.75) is 0 Å². The van der Waals surface area contributed by atoms with Gasteiger partial charge in [0.15, 0.2) is 11.7 Å². The second kappa shape index (κ2) is 5.53. The number of Topliss-reactive ketones (excluding diaryl/α,β-unsaturated/α-hetero) is 1. The van der Waals surface area contributed by atoms with Crippen LogP contribution in [0.5, 0.6) is 11.5 Å². The van der Waals surface area contributed by atoms with Gasteiger partial charge in [-0.15, -0.1) is 0 Å². The van der Waals surface area contributed by atoms with E-state index in [0.29, 0.717) is 11.5 Å². The minimum absolute atomic E-state index is 0.217. The fraction of sp³-hybridized carbons (Fsp3) is 0.250. The minimum atomic E-state index is -1.31. The lowest BCUT2D eigenvalue weighted by molar-refractivity contribution is 0.0970.